The molecule has 0 aliphatic carbocycles. The van der Waals surface area contributed by atoms with Crippen molar-refractivity contribution < 1.29 is 14.3 Å². The van der Waals surface area contributed by atoms with Crippen LogP contribution in [0.15, 0.2) is 24.3 Å². The van der Waals surface area contributed by atoms with Gasteiger partial charge in [0.05, 0.1) is 13.7 Å². The number of ketones is 1. The van der Waals surface area contributed by atoms with Crippen molar-refractivity contribution in [2.75, 3.05) is 33.8 Å². The van der Waals surface area contributed by atoms with Crippen molar-refractivity contribution in [3.63, 3.8) is 0 Å². The smallest absolute Gasteiger partial charge is 0.236 e. The zero-order valence-electron chi connectivity index (χ0n) is 12.7. The second kappa shape index (κ2) is 7.22. The summed E-state index contributed by atoms with van der Waals surface area (Å²) in [6, 6.07) is 7.83. The maximum absolute atomic E-state index is 12.2. The molecule has 114 valence electrons. The lowest BCUT2D eigenvalue weighted by Gasteiger charge is -2.28. The number of benzene rings is 1. The van der Waals surface area contributed by atoms with E-state index in [0.29, 0.717) is 39.0 Å². The molecule has 1 fully saturated rings. The number of Topliss-reactive ketones (excluding diaryl/α,β-unsaturated/α-hetero) is 1. The van der Waals surface area contributed by atoms with Gasteiger partial charge >= 0.3 is 0 Å². The molecular weight excluding hydrogens is 268 g/mol. The van der Waals surface area contributed by atoms with Gasteiger partial charge in [-0.1, -0.05) is 12.1 Å². The number of likely N-dealkylation sites (tertiary alicyclic amines) is 1. The number of methoxy groups -OCH3 is 1. The van der Waals surface area contributed by atoms with Gasteiger partial charge in [-0.15, -0.1) is 0 Å². The fourth-order valence-corrected chi connectivity index (χ4v) is 2.43. The second-order valence-electron chi connectivity index (χ2n) is 5.44. The van der Waals surface area contributed by atoms with Gasteiger partial charge in [0.15, 0.2) is 0 Å². The van der Waals surface area contributed by atoms with Crippen LogP contribution in [0.4, 0.5) is 0 Å². The van der Waals surface area contributed by atoms with Crippen LogP contribution in [0.1, 0.15) is 18.4 Å². The molecule has 1 aliphatic rings. The van der Waals surface area contributed by atoms with E-state index in [-0.39, 0.29) is 11.7 Å². The van der Waals surface area contributed by atoms with Crippen LogP contribution in [-0.4, -0.2) is 55.3 Å². The Morgan fingerprint density at radius 3 is 2.43 bits per heavy atom. The van der Waals surface area contributed by atoms with E-state index in [1.165, 1.54) is 0 Å². The molecular formula is C16H22N2O3. The maximum Gasteiger partial charge on any atom is 0.236 e. The minimum atomic E-state index is 0.0958. The number of amides is 1. The van der Waals surface area contributed by atoms with Crippen molar-refractivity contribution in [2.24, 2.45) is 0 Å². The largest absolute Gasteiger partial charge is 0.497 e. The fourth-order valence-electron chi connectivity index (χ4n) is 2.43. The molecule has 0 saturated carbocycles. The monoisotopic (exact) mass is 290 g/mol. The van der Waals surface area contributed by atoms with Crippen LogP contribution in [0, 0.1) is 0 Å². The van der Waals surface area contributed by atoms with Gasteiger partial charge in [0.2, 0.25) is 5.91 Å². The summed E-state index contributed by atoms with van der Waals surface area (Å²) in [5, 5.41) is 0. The molecule has 0 N–H and O–H groups in total. The lowest BCUT2D eigenvalue weighted by atomic mass is 10.1. The molecule has 1 aliphatic heterocycles. The number of hydrogen-bond acceptors (Lipinski definition) is 4. The van der Waals surface area contributed by atoms with Gasteiger partial charge in [-0.3, -0.25) is 14.5 Å². The van der Waals surface area contributed by atoms with Crippen molar-refractivity contribution in [1.82, 2.24) is 9.80 Å². The molecule has 0 radical (unpaired) electrons. The molecule has 0 atom stereocenters. The summed E-state index contributed by atoms with van der Waals surface area (Å²) < 4.78 is 5.12. The first-order valence-electron chi connectivity index (χ1n) is 7.19. The van der Waals surface area contributed by atoms with E-state index in [9.17, 15) is 9.59 Å². The average Bonchev–Trinajstić information content (AvgIpc) is 2.48. The number of nitrogens with zero attached hydrogens (tertiary/aromatic N) is 2. The molecule has 1 amide bonds. The first-order valence-corrected chi connectivity index (χ1v) is 7.19. The van der Waals surface area contributed by atoms with Crippen molar-refractivity contribution in [2.45, 2.75) is 19.4 Å². The topological polar surface area (TPSA) is 49.9 Å². The molecule has 1 heterocycles. The Hall–Kier alpha value is -1.88. The second-order valence-corrected chi connectivity index (χ2v) is 5.44. The summed E-state index contributed by atoms with van der Waals surface area (Å²) in [4.78, 5) is 27.1. The van der Waals surface area contributed by atoms with Crippen LogP contribution < -0.4 is 4.74 Å². The first kappa shape index (κ1) is 15.5. The van der Waals surface area contributed by atoms with Gasteiger partial charge in [0.25, 0.3) is 0 Å². The minimum Gasteiger partial charge on any atom is -0.497 e. The molecule has 0 bridgehead atoms. The van der Waals surface area contributed by atoms with Crippen LogP contribution in [0.3, 0.4) is 0 Å². The molecule has 2 rings (SSSR count). The van der Waals surface area contributed by atoms with E-state index in [1.54, 1.807) is 12.0 Å². The summed E-state index contributed by atoms with van der Waals surface area (Å²) in [7, 11) is 3.57. The zero-order valence-corrected chi connectivity index (χ0v) is 12.7. The van der Waals surface area contributed by atoms with Crippen LogP contribution in [0.2, 0.25) is 0 Å². The summed E-state index contributed by atoms with van der Waals surface area (Å²) in [6.45, 7) is 2.21. The number of rotatable bonds is 5. The van der Waals surface area contributed by atoms with Crippen LogP contribution in [0.25, 0.3) is 0 Å². The van der Waals surface area contributed by atoms with E-state index < -0.39 is 0 Å². The van der Waals surface area contributed by atoms with E-state index >= 15 is 0 Å². The molecule has 5 nitrogen and oxygen atoms in total. The van der Waals surface area contributed by atoms with Gasteiger partial charge in [-0.05, 0) is 24.7 Å². The van der Waals surface area contributed by atoms with Crippen LogP contribution in [0.5, 0.6) is 5.75 Å². The van der Waals surface area contributed by atoms with Gasteiger partial charge in [0, 0.05) is 32.5 Å². The minimum absolute atomic E-state index is 0.0958. The number of hydrogen-bond donors (Lipinski definition) is 0. The lowest BCUT2D eigenvalue weighted by molar-refractivity contribution is -0.135. The Morgan fingerprint density at radius 1 is 1.24 bits per heavy atom. The third kappa shape index (κ3) is 4.56. The molecule has 0 aromatic heterocycles. The highest BCUT2D eigenvalue weighted by Crippen LogP contribution is 2.13. The molecule has 5 heteroatoms. The molecule has 1 aromatic rings. The van der Waals surface area contributed by atoms with Crippen LogP contribution in [-0.2, 0) is 16.1 Å². The Bertz CT molecular complexity index is 489. The number of ether oxygens (including phenoxy) is 1. The predicted molar refractivity (Wildman–Crippen MR) is 80.1 cm³/mol. The number of piperidine rings is 1. The van der Waals surface area contributed by atoms with Gasteiger partial charge in [-0.2, -0.15) is 0 Å². The highest BCUT2D eigenvalue weighted by Gasteiger charge is 2.21. The summed E-state index contributed by atoms with van der Waals surface area (Å²) in [6.07, 6.45) is 0.988. The van der Waals surface area contributed by atoms with E-state index in [2.05, 4.69) is 0 Å². The van der Waals surface area contributed by atoms with Gasteiger partial charge < -0.3 is 9.64 Å². The Labute approximate surface area is 125 Å². The van der Waals surface area contributed by atoms with Gasteiger partial charge in [-0.25, -0.2) is 0 Å². The first-order chi connectivity index (χ1) is 10.1. The summed E-state index contributed by atoms with van der Waals surface area (Å²) in [5.74, 6) is 1.18. The summed E-state index contributed by atoms with van der Waals surface area (Å²) >= 11 is 0. The van der Waals surface area contributed by atoms with Crippen molar-refractivity contribution in [1.29, 1.82) is 0 Å². The molecule has 0 spiro atoms. The average molecular weight is 290 g/mol. The Balaban J connectivity index is 1.81. The molecule has 21 heavy (non-hydrogen) atoms. The quantitative estimate of drug-likeness (QED) is 0.820. The molecule has 1 saturated heterocycles. The number of likely N-dealkylation sites (N-methyl/N-ethyl adjacent to an activating group) is 1. The highest BCUT2D eigenvalue weighted by atomic mass is 16.5. The molecule has 0 unspecified atom stereocenters. The standard InChI is InChI=1S/C16H22N2O3/c1-17(11-13-3-5-15(21-2)6-4-13)12-16(20)18-9-7-14(19)8-10-18/h3-6H,7-12H2,1-2H3. The van der Waals surface area contributed by atoms with Crippen molar-refractivity contribution in [3.05, 3.63) is 29.8 Å². The van der Waals surface area contributed by atoms with Gasteiger partial charge in [0.1, 0.15) is 11.5 Å². The van der Waals surface area contributed by atoms with Crippen molar-refractivity contribution >= 4 is 11.7 Å². The lowest BCUT2D eigenvalue weighted by Crippen LogP contribution is -2.43. The fraction of sp³-hybridized carbons (Fsp3) is 0.500. The number of carbonyl (C=O) groups is 2. The number of carbonyl (C=O) groups excluding carboxylic acids is 2. The normalized spacial score (nSPS) is 15.4. The van der Waals surface area contributed by atoms with E-state index in [1.807, 2.05) is 36.2 Å². The highest BCUT2D eigenvalue weighted by molar-refractivity contribution is 5.84. The van der Waals surface area contributed by atoms with E-state index in [4.69, 9.17) is 4.74 Å². The Morgan fingerprint density at radius 2 is 1.86 bits per heavy atom. The van der Waals surface area contributed by atoms with Crippen LogP contribution >= 0.6 is 0 Å². The third-order valence-electron chi connectivity index (χ3n) is 3.69. The zero-order chi connectivity index (χ0) is 15.2. The predicted octanol–water partition coefficient (Wildman–Crippen LogP) is 1.32. The van der Waals surface area contributed by atoms with E-state index in [0.717, 1.165) is 11.3 Å². The Kier molecular flexibility index (Phi) is 5.33. The SMILES string of the molecule is COc1ccc(CN(C)CC(=O)N2CCC(=O)CC2)cc1. The maximum atomic E-state index is 12.2. The third-order valence-corrected chi connectivity index (χ3v) is 3.69. The van der Waals surface area contributed by atoms with Crippen molar-refractivity contribution in [3.8, 4) is 5.75 Å². The summed E-state index contributed by atoms with van der Waals surface area (Å²) in [5.41, 5.74) is 1.14. The molecule has 1 aromatic carbocycles.